The summed E-state index contributed by atoms with van der Waals surface area (Å²) in [6.45, 7) is 4.69. The molecule has 2 N–H and O–H groups in total. The van der Waals surface area contributed by atoms with Crippen molar-refractivity contribution in [3.63, 3.8) is 0 Å². The average Bonchev–Trinajstić information content (AvgIpc) is 3.07. The second-order valence-corrected chi connectivity index (χ2v) is 6.77. The number of fused-ring (bicyclic) bond motifs is 1. The number of H-pyrrole nitrogens is 1. The van der Waals surface area contributed by atoms with Crippen molar-refractivity contribution >= 4 is 17.1 Å². The van der Waals surface area contributed by atoms with Crippen LogP contribution in [0.5, 0.6) is 0 Å². The molecule has 3 heterocycles. The Morgan fingerprint density at radius 3 is 2.73 bits per heavy atom. The maximum absolute atomic E-state index is 12.3. The van der Waals surface area contributed by atoms with E-state index in [0.29, 0.717) is 23.7 Å². The molecule has 0 radical (unpaired) electrons. The van der Waals surface area contributed by atoms with Crippen LogP contribution < -0.4 is 10.9 Å². The van der Waals surface area contributed by atoms with Gasteiger partial charge >= 0.3 is 0 Å². The third kappa shape index (κ3) is 3.77. The molecule has 0 saturated carbocycles. The largest absolute Gasteiger partial charge is 0.354 e. The van der Waals surface area contributed by atoms with Crippen molar-refractivity contribution in [1.29, 1.82) is 0 Å². The molecule has 0 amide bonds. The van der Waals surface area contributed by atoms with E-state index in [2.05, 4.69) is 37.3 Å². The third-order valence-corrected chi connectivity index (χ3v) is 4.84. The molecule has 0 aliphatic carbocycles. The molecule has 1 fully saturated rings. The molecule has 1 aliphatic rings. The van der Waals surface area contributed by atoms with E-state index < -0.39 is 0 Å². The molecule has 136 valence electrons. The Balaban J connectivity index is 1.49. The molecule has 3 aromatic rings. The van der Waals surface area contributed by atoms with Gasteiger partial charge < -0.3 is 14.8 Å². The first-order chi connectivity index (χ1) is 12.8. The van der Waals surface area contributed by atoms with Gasteiger partial charge in [0.2, 0.25) is 5.95 Å². The second kappa shape index (κ2) is 7.70. The fraction of sp³-hybridized carbons (Fsp3) is 0.421. The van der Waals surface area contributed by atoms with Crippen molar-refractivity contribution in [2.45, 2.75) is 25.8 Å². The first-order valence-corrected chi connectivity index (χ1v) is 9.25. The molecule has 0 spiro atoms. The normalized spacial score (nSPS) is 15.4. The number of nitrogens with zero attached hydrogens (tertiary/aromatic N) is 4. The molecular formula is C19H24N6O. The highest BCUT2D eigenvalue weighted by molar-refractivity contribution is 5.70. The fourth-order valence-corrected chi connectivity index (χ4v) is 3.45. The number of aromatic amines is 1. The van der Waals surface area contributed by atoms with E-state index in [1.165, 1.54) is 19.3 Å². The van der Waals surface area contributed by atoms with E-state index in [1.807, 2.05) is 22.8 Å². The molecule has 0 unspecified atom stereocenters. The summed E-state index contributed by atoms with van der Waals surface area (Å²) >= 11 is 0. The van der Waals surface area contributed by atoms with Gasteiger partial charge in [0.25, 0.3) is 5.56 Å². The molecule has 1 aromatic carbocycles. The predicted molar refractivity (Wildman–Crippen MR) is 102 cm³/mol. The van der Waals surface area contributed by atoms with Crippen molar-refractivity contribution in [1.82, 2.24) is 24.4 Å². The van der Waals surface area contributed by atoms with Gasteiger partial charge in [-0.15, -0.1) is 0 Å². The molecule has 1 aliphatic heterocycles. The lowest BCUT2D eigenvalue weighted by atomic mass is 10.1. The molecule has 26 heavy (non-hydrogen) atoms. The summed E-state index contributed by atoms with van der Waals surface area (Å²) in [5, 5.41) is 3.26. The quantitative estimate of drug-likeness (QED) is 0.710. The number of hydrogen-bond acceptors (Lipinski definition) is 5. The molecule has 0 atom stereocenters. The van der Waals surface area contributed by atoms with Crippen LogP contribution >= 0.6 is 0 Å². The van der Waals surface area contributed by atoms with E-state index in [0.717, 1.165) is 31.7 Å². The van der Waals surface area contributed by atoms with E-state index in [-0.39, 0.29) is 5.56 Å². The number of nitrogens with one attached hydrogen (secondary N) is 2. The Kier molecular flexibility index (Phi) is 4.97. The fourth-order valence-electron chi connectivity index (χ4n) is 3.45. The predicted octanol–water partition coefficient (Wildman–Crippen LogP) is 2.07. The maximum atomic E-state index is 12.3. The zero-order valence-electron chi connectivity index (χ0n) is 14.8. The van der Waals surface area contributed by atoms with Gasteiger partial charge in [-0.3, -0.25) is 9.78 Å². The molecule has 4 rings (SSSR count). The summed E-state index contributed by atoms with van der Waals surface area (Å²) in [5.74, 6) is 0.509. The molecule has 7 heteroatoms. The van der Waals surface area contributed by atoms with Gasteiger partial charge in [-0.05, 0) is 31.5 Å². The average molecular weight is 352 g/mol. The summed E-state index contributed by atoms with van der Waals surface area (Å²) in [4.78, 5) is 26.4. The van der Waals surface area contributed by atoms with Gasteiger partial charge in [0.1, 0.15) is 0 Å². The minimum absolute atomic E-state index is 0.206. The van der Waals surface area contributed by atoms with Crippen LogP contribution in [0.2, 0.25) is 0 Å². The Hall–Kier alpha value is -2.67. The van der Waals surface area contributed by atoms with Gasteiger partial charge in [0.15, 0.2) is 11.2 Å². The van der Waals surface area contributed by atoms with Crippen molar-refractivity contribution < 1.29 is 0 Å². The van der Waals surface area contributed by atoms with Crippen molar-refractivity contribution in [2.24, 2.45) is 0 Å². The van der Waals surface area contributed by atoms with Crippen LogP contribution in [0.3, 0.4) is 0 Å². The minimum atomic E-state index is -0.206. The lowest BCUT2D eigenvalue weighted by molar-refractivity contribution is 0.237. The van der Waals surface area contributed by atoms with Crippen molar-refractivity contribution in [3.05, 3.63) is 52.6 Å². The lowest BCUT2D eigenvalue weighted by Crippen LogP contribution is -2.34. The Morgan fingerprint density at radius 1 is 1.12 bits per heavy atom. The van der Waals surface area contributed by atoms with Gasteiger partial charge in [-0.2, -0.15) is 4.98 Å². The van der Waals surface area contributed by atoms with E-state index >= 15 is 0 Å². The van der Waals surface area contributed by atoms with Crippen LogP contribution in [0, 0.1) is 0 Å². The Bertz CT molecular complexity index is 911. The zero-order chi connectivity index (χ0) is 17.8. The number of piperidine rings is 1. The van der Waals surface area contributed by atoms with Crippen molar-refractivity contribution in [2.75, 3.05) is 31.5 Å². The molecule has 7 nitrogen and oxygen atoms in total. The number of imidazole rings is 1. The highest BCUT2D eigenvalue weighted by Crippen LogP contribution is 2.11. The summed E-state index contributed by atoms with van der Waals surface area (Å²) in [6.07, 6.45) is 5.57. The summed E-state index contributed by atoms with van der Waals surface area (Å²) in [6, 6.07) is 10.1. The van der Waals surface area contributed by atoms with Gasteiger partial charge in [-0.1, -0.05) is 36.8 Å². The number of benzene rings is 1. The molecule has 2 aromatic heterocycles. The molecule has 0 bridgehead atoms. The summed E-state index contributed by atoms with van der Waals surface area (Å²) in [7, 11) is 0. The van der Waals surface area contributed by atoms with E-state index in [4.69, 9.17) is 0 Å². The topological polar surface area (TPSA) is 78.8 Å². The number of rotatable bonds is 6. The first-order valence-electron chi connectivity index (χ1n) is 9.25. The highest BCUT2D eigenvalue weighted by Gasteiger charge is 2.12. The number of likely N-dealkylation sites (tertiary alicyclic amines) is 1. The SMILES string of the molecule is O=c1[nH]c(NCCN2CCCCC2)nc2c1ncn2Cc1ccccc1. The van der Waals surface area contributed by atoms with Crippen molar-refractivity contribution in [3.8, 4) is 0 Å². The third-order valence-electron chi connectivity index (χ3n) is 4.84. The summed E-state index contributed by atoms with van der Waals surface area (Å²) in [5.41, 5.74) is 1.93. The van der Waals surface area contributed by atoms with Gasteiger partial charge in [0, 0.05) is 13.1 Å². The van der Waals surface area contributed by atoms with Crippen LogP contribution in [0.25, 0.3) is 11.2 Å². The second-order valence-electron chi connectivity index (χ2n) is 6.77. The smallest absolute Gasteiger partial charge is 0.280 e. The number of anilines is 1. The van der Waals surface area contributed by atoms with Crippen LogP contribution in [0.15, 0.2) is 41.5 Å². The summed E-state index contributed by atoms with van der Waals surface area (Å²) < 4.78 is 1.91. The molecular weight excluding hydrogens is 328 g/mol. The maximum Gasteiger partial charge on any atom is 0.280 e. The monoisotopic (exact) mass is 352 g/mol. The zero-order valence-corrected chi connectivity index (χ0v) is 14.8. The van der Waals surface area contributed by atoms with E-state index in [1.54, 1.807) is 6.33 Å². The van der Waals surface area contributed by atoms with Crippen LogP contribution in [-0.4, -0.2) is 50.6 Å². The highest BCUT2D eigenvalue weighted by atomic mass is 16.1. The van der Waals surface area contributed by atoms with Crippen LogP contribution in [0.1, 0.15) is 24.8 Å². The minimum Gasteiger partial charge on any atom is -0.354 e. The van der Waals surface area contributed by atoms with Gasteiger partial charge in [0.05, 0.1) is 12.9 Å². The van der Waals surface area contributed by atoms with Crippen LogP contribution in [0.4, 0.5) is 5.95 Å². The Morgan fingerprint density at radius 2 is 1.92 bits per heavy atom. The number of aromatic nitrogens is 4. The lowest BCUT2D eigenvalue weighted by Gasteiger charge is -2.26. The first kappa shape index (κ1) is 16.8. The van der Waals surface area contributed by atoms with E-state index in [9.17, 15) is 4.79 Å². The molecule has 1 saturated heterocycles. The number of hydrogen-bond donors (Lipinski definition) is 2. The van der Waals surface area contributed by atoms with Crippen LogP contribution in [-0.2, 0) is 6.54 Å². The standard InChI is InChI=1S/C19H24N6O/c26-18-16-17(25(14-21-16)13-15-7-3-1-4-8-15)22-19(23-18)20-9-12-24-10-5-2-6-11-24/h1,3-4,7-8,14H,2,5-6,9-13H2,(H2,20,22,23,26). The van der Waals surface area contributed by atoms with Gasteiger partial charge in [-0.25, -0.2) is 4.98 Å². The Labute approximate surface area is 152 Å².